The number of hydrogen-bond donors (Lipinski definition) is 0. The topological polar surface area (TPSA) is 65.5 Å². The molecule has 0 unspecified atom stereocenters. The molecule has 35 heavy (non-hydrogen) atoms. The zero-order valence-electron chi connectivity index (χ0n) is 20.1. The van der Waals surface area contributed by atoms with E-state index in [1.54, 1.807) is 11.8 Å². The molecule has 1 saturated carbocycles. The number of rotatable bonds is 5. The molecule has 1 aromatic carbocycles. The molecule has 5 rings (SSSR count). The third-order valence-corrected chi connectivity index (χ3v) is 7.76. The number of carbonyl (C=O) groups is 1. The number of carbonyl (C=O) groups excluding carboxylic acids is 1. The van der Waals surface area contributed by atoms with Crippen LogP contribution in [0, 0.1) is 11.8 Å². The minimum atomic E-state index is -4.50. The van der Waals surface area contributed by atoms with Gasteiger partial charge in [-0.25, -0.2) is 4.98 Å². The fourth-order valence-corrected chi connectivity index (χ4v) is 5.68. The molecule has 2 fully saturated rings. The largest absolute Gasteiger partial charge is 1.00 e. The Morgan fingerprint density at radius 3 is 2.54 bits per heavy atom. The molecular formula is C26H28F3N2NaO3. The van der Waals surface area contributed by atoms with Gasteiger partial charge in [-0.3, -0.25) is 0 Å². The van der Waals surface area contributed by atoms with Crippen molar-refractivity contribution < 1.29 is 57.4 Å². The van der Waals surface area contributed by atoms with E-state index in [1.807, 2.05) is 18.2 Å². The summed E-state index contributed by atoms with van der Waals surface area (Å²) in [6, 6.07) is 9.07. The van der Waals surface area contributed by atoms with Crippen molar-refractivity contribution in [1.29, 1.82) is 0 Å². The Labute approximate surface area is 225 Å². The molecular weight excluding hydrogens is 468 g/mol. The number of hydrogen-bond acceptors (Lipinski definition) is 5. The Balaban J connectivity index is 0.00000289. The number of halogens is 3. The summed E-state index contributed by atoms with van der Waals surface area (Å²) in [4.78, 5) is 16.9. The Morgan fingerprint density at radius 2 is 1.91 bits per heavy atom. The van der Waals surface area contributed by atoms with Crippen LogP contribution in [-0.4, -0.2) is 29.6 Å². The molecule has 2 aliphatic heterocycles. The molecule has 9 heteroatoms. The number of benzene rings is 1. The summed E-state index contributed by atoms with van der Waals surface area (Å²) in [7, 11) is 0. The van der Waals surface area contributed by atoms with Crippen LogP contribution in [0.3, 0.4) is 0 Å². The van der Waals surface area contributed by atoms with Crippen molar-refractivity contribution in [3.63, 3.8) is 0 Å². The van der Waals surface area contributed by atoms with E-state index in [9.17, 15) is 23.1 Å². The molecule has 5 nitrogen and oxygen atoms in total. The molecule has 182 valence electrons. The number of carboxylic acid groups (broad SMARTS) is 1. The van der Waals surface area contributed by atoms with Gasteiger partial charge in [0.25, 0.3) is 0 Å². The number of piperidine rings is 1. The second-order valence-corrected chi connectivity index (χ2v) is 9.98. The van der Waals surface area contributed by atoms with Crippen LogP contribution in [0.5, 0.6) is 5.75 Å². The average molecular weight is 497 g/mol. The Bertz CT molecular complexity index is 1080. The molecule has 2 atom stereocenters. The molecule has 0 N–H and O–H groups in total. The van der Waals surface area contributed by atoms with Crippen molar-refractivity contribution in [2.24, 2.45) is 11.8 Å². The van der Waals surface area contributed by atoms with Gasteiger partial charge in [0.05, 0.1) is 5.69 Å². The van der Waals surface area contributed by atoms with Gasteiger partial charge in [-0.2, -0.15) is 13.2 Å². The molecule has 1 aromatic heterocycles. The van der Waals surface area contributed by atoms with Crippen LogP contribution in [0.15, 0.2) is 36.5 Å². The number of carboxylic acids is 1. The van der Waals surface area contributed by atoms with Crippen LogP contribution < -0.4 is 44.3 Å². The monoisotopic (exact) mass is 496 g/mol. The predicted octanol–water partition coefficient (Wildman–Crippen LogP) is 1.35. The number of ether oxygens (including phenoxy) is 1. The number of aromatic nitrogens is 1. The fraction of sp³-hybridized carbons (Fsp3) is 0.538. The van der Waals surface area contributed by atoms with Gasteiger partial charge in [0.2, 0.25) is 0 Å². The maximum Gasteiger partial charge on any atom is 1.00 e. The van der Waals surface area contributed by atoms with Gasteiger partial charge >= 0.3 is 35.7 Å². The zero-order valence-corrected chi connectivity index (χ0v) is 22.1. The van der Waals surface area contributed by atoms with E-state index in [-0.39, 0.29) is 41.2 Å². The standard InChI is InChI=1S/C26H29F3N2O3.Na/c1-16(24(32)33)22(18-5-6-18)19-7-4-17-8-9-25(34-21(17)15-19)10-13-31(14-11-25)20-3-2-12-30-23(20)26(27,28)29;/h2-4,7,12,15-16,18,22H,5-6,8-11,13-14H2,1H3,(H,32,33);/q;+1/p-1/t16-,22-;/m0./s1. The van der Waals surface area contributed by atoms with Crippen LogP contribution in [0.4, 0.5) is 18.9 Å². The van der Waals surface area contributed by atoms with E-state index in [4.69, 9.17) is 4.74 Å². The second kappa shape index (κ2) is 9.94. The van der Waals surface area contributed by atoms with Gasteiger partial charge in [0.15, 0.2) is 5.69 Å². The summed E-state index contributed by atoms with van der Waals surface area (Å²) < 4.78 is 46.8. The van der Waals surface area contributed by atoms with E-state index in [2.05, 4.69) is 4.98 Å². The molecule has 1 spiro atoms. The van der Waals surface area contributed by atoms with Crippen molar-refractivity contribution >= 4 is 11.7 Å². The van der Waals surface area contributed by atoms with Crippen LogP contribution in [0.25, 0.3) is 0 Å². The van der Waals surface area contributed by atoms with E-state index in [0.717, 1.165) is 42.6 Å². The van der Waals surface area contributed by atoms with Crippen molar-refractivity contribution in [1.82, 2.24) is 4.98 Å². The molecule has 2 aromatic rings. The van der Waals surface area contributed by atoms with Gasteiger partial charge in [-0.15, -0.1) is 0 Å². The van der Waals surface area contributed by atoms with Crippen LogP contribution >= 0.6 is 0 Å². The van der Waals surface area contributed by atoms with Crippen molar-refractivity contribution in [3.8, 4) is 5.75 Å². The van der Waals surface area contributed by atoms with E-state index < -0.39 is 29.4 Å². The van der Waals surface area contributed by atoms with Crippen molar-refractivity contribution in [3.05, 3.63) is 53.3 Å². The average Bonchev–Trinajstić information content (AvgIpc) is 3.64. The first-order valence-corrected chi connectivity index (χ1v) is 12.0. The third kappa shape index (κ3) is 5.35. The van der Waals surface area contributed by atoms with Gasteiger partial charge < -0.3 is 19.5 Å². The number of anilines is 1. The van der Waals surface area contributed by atoms with E-state index in [1.165, 1.54) is 18.3 Å². The first kappa shape index (κ1) is 26.3. The SMILES string of the molecule is C[C@H](C(=O)[O-])[C@H](c1ccc2c(c1)OC1(CC2)CCN(c2cccnc2C(F)(F)F)CC1)C1CC1.[Na+]. The normalized spacial score (nSPS) is 20.9. The maximum atomic E-state index is 13.4. The Kier molecular flexibility index (Phi) is 7.47. The molecule has 3 aliphatic rings. The first-order valence-electron chi connectivity index (χ1n) is 12.0. The van der Waals surface area contributed by atoms with E-state index in [0.29, 0.717) is 31.8 Å². The van der Waals surface area contributed by atoms with E-state index >= 15 is 0 Å². The van der Waals surface area contributed by atoms with Crippen molar-refractivity contribution in [2.75, 3.05) is 18.0 Å². The van der Waals surface area contributed by atoms with Crippen molar-refractivity contribution in [2.45, 2.75) is 63.1 Å². The van der Waals surface area contributed by atoms with Gasteiger partial charge in [0, 0.05) is 44.0 Å². The minimum Gasteiger partial charge on any atom is -0.550 e. The molecule has 0 bridgehead atoms. The summed E-state index contributed by atoms with van der Waals surface area (Å²) >= 11 is 0. The van der Waals surface area contributed by atoms with Gasteiger partial charge in [-0.05, 0) is 66.8 Å². The Morgan fingerprint density at radius 1 is 1.20 bits per heavy atom. The van der Waals surface area contributed by atoms with Crippen LogP contribution in [-0.2, 0) is 17.4 Å². The second-order valence-electron chi connectivity index (χ2n) is 9.98. The molecule has 3 heterocycles. The number of nitrogens with zero attached hydrogens (tertiary/aromatic N) is 2. The number of fused-ring (bicyclic) bond motifs is 1. The zero-order chi connectivity index (χ0) is 24.1. The molecule has 0 radical (unpaired) electrons. The summed E-state index contributed by atoms with van der Waals surface area (Å²) in [5, 5.41) is 11.6. The van der Waals surface area contributed by atoms with Gasteiger partial charge in [-0.1, -0.05) is 19.1 Å². The van der Waals surface area contributed by atoms with Crippen LogP contribution in [0.2, 0.25) is 0 Å². The number of aliphatic carboxylic acids is 1. The number of aryl methyl sites for hydroxylation is 1. The number of alkyl halides is 3. The summed E-state index contributed by atoms with van der Waals surface area (Å²) in [5.74, 6) is -0.563. The quantitative estimate of drug-likeness (QED) is 0.585. The number of pyridine rings is 1. The molecule has 0 amide bonds. The molecule has 1 aliphatic carbocycles. The predicted molar refractivity (Wildman–Crippen MR) is 118 cm³/mol. The Hall–Kier alpha value is -1.77. The summed E-state index contributed by atoms with van der Waals surface area (Å²) in [6.07, 6.45) is 1.60. The molecule has 1 saturated heterocycles. The first-order chi connectivity index (χ1) is 16.2. The van der Waals surface area contributed by atoms with Crippen LogP contribution in [0.1, 0.15) is 61.8 Å². The van der Waals surface area contributed by atoms with Gasteiger partial charge in [0.1, 0.15) is 11.4 Å². The summed E-state index contributed by atoms with van der Waals surface area (Å²) in [6.45, 7) is 2.62. The minimum absolute atomic E-state index is 0. The maximum absolute atomic E-state index is 13.4. The summed E-state index contributed by atoms with van der Waals surface area (Å²) in [5.41, 5.74) is 0.917. The third-order valence-electron chi connectivity index (χ3n) is 7.76. The smallest absolute Gasteiger partial charge is 0.550 e. The fourth-order valence-electron chi connectivity index (χ4n) is 5.68.